The van der Waals surface area contributed by atoms with Crippen LogP contribution in [0.25, 0.3) is 10.7 Å². The van der Waals surface area contributed by atoms with Crippen LogP contribution in [0.2, 0.25) is 4.34 Å². The van der Waals surface area contributed by atoms with E-state index in [0.717, 1.165) is 33.8 Å². The Hall–Kier alpha value is -0.870. The highest BCUT2D eigenvalue weighted by Crippen LogP contribution is 2.31. The molecule has 2 aromatic heterocycles. The zero-order valence-corrected chi connectivity index (χ0v) is 10.4. The second-order valence-corrected chi connectivity index (χ2v) is 5.72. The van der Waals surface area contributed by atoms with Crippen molar-refractivity contribution >= 4 is 22.9 Å². The van der Waals surface area contributed by atoms with E-state index in [0.29, 0.717) is 0 Å². The van der Waals surface area contributed by atoms with Crippen LogP contribution in [0.3, 0.4) is 0 Å². The molecular weight excluding hydrogens is 242 g/mol. The van der Waals surface area contributed by atoms with Crippen molar-refractivity contribution in [3.8, 4) is 10.7 Å². The first-order chi connectivity index (χ1) is 7.84. The Morgan fingerprint density at radius 3 is 2.94 bits per heavy atom. The second kappa shape index (κ2) is 4.18. The van der Waals surface area contributed by atoms with Crippen LogP contribution < -0.4 is 0 Å². The van der Waals surface area contributed by atoms with Gasteiger partial charge < -0.3 is 4.57 Å². The van der Waals surface area contributed by atoms with Crippen LogP contribution in [-0.2, 0) is 13.0 Å². The van der Waals surface area contributed by atoms with Gasteiger partial charge in [-0.1, -0.05) is 18.0 Å². The summed E-state index contributed by atoms with van der Waals surface area (Å²) >= 11 is 7.52. The van der Waals surface area contributed by atoms with E-state index in [1.165, 1.54) is 19.3 Å². The summed E-state index contributed by atoms with van der Waals surface area (Å²) < 4.78 is 3.05. The van der Waals surface area contributed by atoms with Crippen molar-refractivity contribution in [3.63, 3.8) is 0 Å². The first-order valence-electron chi connectivity index (χ1n) is 5.52. The molecule has 0 spiro atoms. The first kappa shape index (κ1) is 10.3. The van der Waals surface area contributed by atoms with Gasteiger partial charge in [-0.25, -0.2) is 0 Å². The molecule has 0 radical (unpaired) electrons. The van der Waals surface area contributed by atoms with Crippen LogP contribution >= 0.6 is 22.9 Å². The van der Waals surface area contributed by atoms with Gasteiger partial charge in [0.25, 0.3) is 0 Å². The van der Waals surface area contributed by atoms with Crippen LogP contribution in [0.4, 0.5) is 0 Å². The zero-order valence-electron chi connectivity index (χ0n) is 8.82. The number of hydrogen-bond donors (Lipinski definition) is 0. The maximum Gasteiger partial charge on any atom is 0.174 e. The van der Waals surface area contributed by atoms with E-state index in [1.54, 1.807) is 11.3 Å². The number of fused-ring (bicyclic) bond motifs is 1. The van der Waals surface area contributed by atoms with E-state index < -0.39 is 0 Å². The third-order valence-electron chi connectivity index (χ3n) is 2.90. The predicted molar refractivity (Wildman–Crippen MR) is 65.9 cm³/mol. The maximum absolute atomic E-state index is 5.95. The smallest absolute Gasteiger partial charge is 0.174 e. The third kappa shape index (κ3) is 1.76. The molecule has 3 nitrogen and oxygen atoms in total. The Balaban J connectivity index is 2.05. The summed E-state index contributed by atoms with van der Waals surface area (Å²) in [7, 11) is 0. The molecule has 0 unspecified atom stereocenters. The second-order valence-electron chi connectivity index (χ2n) is 4.01. The average molecular weight is 254 g/mol. The summed E-state index contributed by atoms with van der Waals surface area (Å²) in [5.74, 6) is 2.10. The molecule has 1 aliphatic heterocycles. The van der Waals surface area contributed by atoms with Gasteiger partial charge in [-0.3, -0.25) is 0 Å². The van der Waals surface area contributed by atoms with E-state index in [2.05, 4.69) is 14.8 Å². The highest BCUT2D eigenvalue weighted by atomic mass is 35.5. The SMILES string of the molecule is Clc1ccc(-c2nnc3n2CCCCC3)s1. The van der Waals surface area contributed by atoms with E-state index >= 15 is 0 Å². The van der Waals surface area contributed by atoms with Crippen molar-refractivity contribution in [2.24, 2.45) is 0 Å². The highest BCUT2D eigenvalue weighted by Gasteiger charge is 2.16. The largest absolute Gasteiger partial charge is 0.310 e. The van der Waals surface area contributed by atoms with Crippen LogP contribution in [0.1, 0.15) is 25.1 Å². The molecule has 0 bridgehead atoms. The van der Waals surface area contributed by atoms with E-state index in [-0.39, 0.29) is 0 Å². The Morgan fingerprint density at radius 2 is 2.12 bits per heavy atom. The zero-order chi connectivity index (χ0) is 11.0. The number of aromatic nitrogens is 3. The molecule has 5 heteroatoms. The van der Waals surface area contributed by atoms with Gasteiger partial charge >= 0.3 is 0 Å². The van der Waals surface area contributed by atoms with Gasteiger partial charge in [-0.05, 0) is 25.0 Å². The lowest BCUT2D eigenvalue weighted by Gasteiger charge is -2.04. The lowest BCUT2D eigenvalue weighted by molar-refractivity contribution is 0.637. The minimum absolute atomic E-state index is 0.806. The minimum Gasteiger partial charge on any atom is -0.310 e. The molecule has 0 aromatic carbocycles. The van der Waals surface area contributed by atoms with Crippen LogP contribution in [0.15, 0.2) is 12.1 Å². The summed E-state index contributed by atoms with van der Waals surface area (Å²) in [6.45, 7) is 1.03. The standard InChI is InChI=1S/C11H12ClN3S/c12-9-6-5-8(16-9)11-14-13-10-4-2-1-3-7-15(10)11/h5-6H,1-4,7H2. The average Bonchev–Trinajstić information content (AvgIpc) is 2.79. The fraction of sp³-hybridized carbons (Fsp3) is 0.455. The maximum atomic E-state index is 5.95. The summed E-state index contributed by atoms with van der Waals surface area (Å²) in [6.07, 6.45) is 4.78. The summed E-state index contributed by atoms with van der Waals surface area (Å²) in [5, 5.41) is 8.57. The minimum atomic E-state index is 0.806. The van der Waals surface area contributed by atoms with E-state index in [4.69, 9.17) is 11.6 Å². The van der Waals surface area contributed by atoms with Crippen molar-refractivity contribution in [1.29, 1.82) is 0 Å². The molecule has 1 aliphatic rings. The van der Waals surface area contributed by atoms with Crippen LogP contribution in [0, 0.1) is 0 Å². The summed E-state index contributed by atoms with van der Waals surface area (Å²) in [6, 6.07) is 3.94. The molecule has 0 amide bonds. The molecule has 0 N–H and O–H groups in total. The summed E-state index contributed by atoms with van der Waals surface area (Å²) in [4.78, 5) is 1.12. The molecule has 3 rings (SSSR count). The molecule has 0 saturated carbocycles. The van der Waals surface area contributed by atoms with E-state index in [1.807, 2.05) is 12.1 Å². The third-order valence-corrected chi connectivity index (χ3v) is 4.13. The predicted octanol–water partition coefficient (Wildman–Crippen LogP) is 3.39. The molecule has 0 fully saturated rings. The molecule has 0 atom stereocenters. The molecule has 84 valence electrons. The van der Waals surface area contributed by atoms with Crippen LogP contribution in [-0.4, -0.2) is 14.8 Å². The number of hydrogen-bond acceptors (Lipinski definition) is 3. The molecular formula is C11H12ClN3S. The lowest BCUT2D eigenvalue weighted by atomic mass is 10.2. The van der Waals surface area contributed by atoms with Crippen molar-refractivity contribution in [2.45, 2.75) is 32.2 Å². The number of thiophene rings is 1. The molecule has 16 heavy (non-hydrogen) atoms. The molecule has 2 aromatic rings. The normalized spacial score (nSPS) is 15.8. The van der Waals surface area contributed by atoms with Crippen molar-refractivity contribution < 1.29 is 0 Å². The number of halogens is 1. The van der Waals surface area contributed by atoms with Gasteiger partial charge in [0.15, 0.2) is 5.82 Å². The molecule has 3 heterocycles. The Bertz CT molecular complexity index is 503. The van der Waals surface area contributed by atoms with Crippen molar-refractivity contribution in [2.75, 3.05) is 0 Å². The topological polar surface area (TPSA) is 30.7 Å². The van der Waals surface area contributed by atoms with Crippen molar-refractivity contribution in [1.82, 2.24) is 14.8 Å². The van der Waals surface area contributed by atoms with Gasteiger partial charge in [0.1, 0.15) is 5.82 Å². The first-order valence-corrected chi connectivity index (χ1v) is 6.72. The fourth-order valence-electron chi connectivity index (χ4n) is 2.10. The van der Waals surface area contributed by atoms with Crippen molar-refractivity contribution in [3.05, 3.63) is 22.3 Å². The van der Waals surface area contributed by atoms with Crippen LogP contribution in [0.5, 0.6) is 0 Å². The molecule has 0 saturated heterocycles. The number of rotatable bonds is 1. The lowest BCUT2D eigenvalue weighted by Crippen LogP contribution is -2.02. The van der Waals surface area contributed by atoms with Gasteiger partial charge in [-0.15, -0.1) is 21.5 Å². The van der Waals surface area contributed by atoms with Gasteiger partial charge in [0.05, 0.1) is 9.21 Å². The number of aryl methyl sites for hydroxylation is 1. The van der Waals surface area contributed by atoms with Gasteiger partial charge in [-0.2, -0.15) is 0 Å². The fourth-order valence-corrected chi connectivity index (χ4v) is 3.14. The Morgan fingerprint density at radius 1 is 1.19 bits per heavy atom. The Labute approximate surface area is 103 Å². The highest BCUT2D eigenvalue weighted by molar-refractivity contribution is 7.19. The van der Waals surface area contributed by atoms with Gasteiger partial charge in [0, 0.05) is 13.0 Å². The monoisotopic (exact) mass is 253 g/mol. The Kier molecular flexibility index (Phi) is 2.69. The van der Waals surface area contributed by atoms with Gasteiger partial charge in [0.2, 0.25) is 0 Å². The molecule has 0 aliphatic carbocycles. The quantitative estimate of drug-likeness (QED) is 0.780. The summed E-state index contributed by atoms with van der Waals surface area (Å²) in [5.41, 5.74) is 0. The number of nitrogens with zero attached hydrogens (tertiary/aromatic N) is 3. The van der Waals surface area contributed by atoms with E-state index in [9.17, 15) is 0 Å².